The maximum atomic E-state index is 11.8. The lowest BCUT2D eigenvalue weighted by atomic mass is 9.87. The Balaban J connectivity index is 2.09. The predicted molar refractivity (Wildman–Crippen MR) is 71.8 cm³/mol. The monoisotopic (exact) mass is 243 g/mol. The zero-order valence-corrected chi connectivity index (χ0v) is 10.9. The van der Waals surface area contributed by atoms with Gasteiger partial charge in [-0.1, -0.05) is 32.9 Å². The van der Waals surface area contributed by atoms with Crippen molar-refractivity contribution in [2.24, 2.45) is 0 Å². The minimum atomic E-state index is -0.160. The lowest BCUT2D eigenvalue weighted by Gasteiger charge is -2.19. The van der Waals surface area contributed by atoms with Crippen molar-refractivity contribution < 1.29 is 9.21 Å². The van der Waals surface area contributed by atoms with Gasteiger partial charge < -0.3 is 9.73 Å². The van der Waals surface area contributed by atoms with Crippen LogP contribution in [0.4, 0.5) is 5.69 Å². The number of nitrogens with one attached hydrogen (secondary N) is 1. The molecule has 3 nitrogen and oxygen atoms in total. The van der Waals surface area contributed by atoms with Crippen molar-refractivity contribution in [3.63, 3.8) is 0 Å². The molecule has 0 aliphatic rings. The molecule has 0 saturated heterocycles. The van der Waals surface area contributed by atoms with Gasteiger partial charge in [-0.3, -0.25) is 4.79 Å². The summed E-state index contributed by atoms with van der Waals surface area (Å²) in [6, 6.07) is 9.53. The highest BCUT2D eigenvalue weighted by molar-refractivity contribution is 6.03. The van der Waals surface area contributed by atoms with Crippen LogP contribution in [0, 0.1) is 0 Å². The molecule has 0 bridgehead atoms. The lowest BCUT2D eigenvalue weighted by molar-refractivity contribution is 0.102. The molecule has 1 amide bonds. The topological polar surface area (TPSA) is 42.2 Å². The van der Waals surface area contributed by atoms with Crippen molar-refractivity contribution in [1.29, 1.82) is 0 Å². The largest absolute Gasteiger partial charge is 0.472 e. The number of hydrogen-bond acceptors (Lipinski definition) is 2. The van der Waals surface area contributed by atoms with Gasteiger partial charge in [-0.05, 0) is 29.2 Å². The smallest absolute Gasteiger partial charge is 0.258 e. The molecule has 1 aromatic heterocycles. The van der Waals surface area contributed by atoms with Crippen LogP contribution in [-0.4, -0.2) is 5.91 Å². The molecule has 0 aliphatic carbocycles. The van der Waals surface area contributed by atoms with Gasteiger partial charge in [-0.2, -0.15) is 0 Å². The van der Waals surface area contributed by atoms with E-state index in [1.165, 1.54) is 18.1 Å². The van der Waals surface area contributed by atoms with Gasteiger partial charge in [-0.15, -0.1) is 0 Å². The van der Waals surface area contributed by atoms with E-state index >= 15 is 0 Å². The first-order chi connectivity index (χ1) is 8.47. The van der Waals surface area contributed by atoms with E-state index in [2.05, 4.69) is 26.1 Å². The summed E-state index contributed by atoms with van der Waals surface area (Å²) in [6.45, 7) is 6.48. The third-order valence-corrected chi connectivity index (χ3v) is 2.79. The first kappa shape index (κ1) is 12.4. The van der Waals surface area contributed by atoms with Gasteiger partial charge in [0.05, 0.1) is 11.8 Å². The third kappa shape index (κ3) is 2.80. The fourth-order valence-corrected chi connectivity index (χ4v) is 1.65. The number of benzene rings is 1. The summed E-state index contributed by atoms with van der Waals surface area (Å²) >= 11 is 0. The maximum absolute atomic E-state index is 11.8. The number of hydrogen-bond donors (Lipinski definition) is 1. The van der Waals surface area contributed by atoms with E-state index in [0.29, 0.717) is 5.56 Å². The molecule has 2 rings (SSSR count). The van der Waals surface area contributed by atoms with Gasteiger partial charge in [0.15, 0.2) is 0 Å². The highest BCUT2D eigenvalue weighted by Crippen LogP contribution is 2.23. The van der Waals surface area contributed by atoms with Crippen LogP contribution < -0.4 is 5.32 Å². The summed E-state index contributed by atoms with van der Waals surface area (Å²) in [4.78, 5) is 11.8. The van der Waals surface area contributed by atoms with Crippen molar-refractivity contribution in [2.75, 3.05) is 5.32 Å². The van der Waals surface area contributed by atoms with Crippen molar-refractivity contribution >= 4 is 11.6 Å². The average Bonchev–Trinajstić information content (AvgIpc) is 2.82. The highest BCUT2D eigenvalue weighted by Gasteiger charge is 2.13. The summed E-state index contributed by atoms with van der Waals surface area (Å²) < 4.78 is 4.88. The van der Waals surface area contributed by atoms with Crippen LogP contribution in [0.25, 0.3) is 0 Å². The summed E-state index contributed by atoms with van der Waals surface area (Å²) in [5, 5.41) is 2.82. The van der Waals surface area contributed by atoms with E-state index in [-0.39, 0.29) is 11.3 Å². The van der Waals surface area contributed by atoms with Crippen LogP contribution in [0.5, 0.6) is 0 Å². The Morgan fingerprint density at radius 1 is 1.11 bits per heavy atom. The highest BCUT2D eigenvalue weighted by atomic mass is 16.3. The van der Waals surface area contributed by atoms with Gasteiger partial charge in [0.2, 0.25) is 0 Å². The van der Waals surface area contributed by atoms with Gasteiger partial charge >= 0.3 is 0 Å². The van der Waals surface area contributed by atoms with Crippen LogP contribution in [-0.2, 0) is 5.41 Å². The molecule has 3 heteroatoms. The van der Waals surface area contributed by atoms with Crippen LogP contribution in [0.3, 0.4) is 0 Å². The SMILES string of the molecule is CC(C)(C)c1ccc(NC(=O)c2ccoc2)cc1. The van der Waals surface area contributed by atoms with Gasteiger partial charge in [-0.25, -0.2) is 0 Å². The van der Waals surface area contributed by atoms with Gasteiger partial charge in [0, 0.05) is 5.69 Å². The van der Waals surface area contributed by atoms with E-state index in [9.17, 15) is 4.79 Å². The Morgan fingerprint density at radius 3 is 2.28 bits per heavy atom. The first-order valence-electron chi connectivity index (χ1n) is 5.91. The van der Waals surface area contributed by atoms with Gasteiger partial charge in [0.25, 0.3) is 5.91 Å². The Hall–Kier alpha value is -2.03. The van der Waals surface area contributed by atoms with E-state index in [0.717, 1.165) is 5.69 Å². The quantitative estimate of drug-likeness (QED) is 0.871. The zero-order valence-electron chi connectivity index (χ0n) is 10.9. The molecule has 0 aliphatic heterocycles. The number of carbonyl (C=O) groups excluding carboxylic acids is 1. The van der Waals surface area contributed by atoms with Crippen molar-refractivity contribution in [3.05, 3.63) is 54.0 Å². The Kier molecular flexibility index (Phi) is 3.24. The number of carbonyl (C=O) groups is 1. The van der Waals surface area contributed by atoms with E-state index < -0.39 is 0 Å². The van der Waals surface area contributed by atoms with Crippen LogP contribution >= 0.6 is 0 Å². The first-order valence-corrected chi connectivity index (χ1v) is 5.91. The molecule has 0 spiro atoms. The van der Waals surface area contributed by atoms with Crippen molar-refractivity contribution in [3.8, 4) is 0 Å². The molecule has 0 unspecified atom stereocenters. The number of amides is 1. The molecular formula is C15H17NO2. The number of rotatable bonds is 2. The maximum Gasteiger partial charge on any atom is 0.258 e. The van der Waals surface area contributed by atoms with Crippen molar-refractivity contribution in [1.82, 2.24) is 0 Å². The molecule has 2 aromatic rings. The molecule has 18 heavy (non-hydrogen) atoms. The predicted octanol–water partition coefficient (Wildman–Crippen LogP) is 3.83. The van der Waals surface area contributed by atoms with E-state index in [1.807, 2.05) is 24.3 Å². The summed E-state index contributed by atoms with van der Waals surface area (Å²) in [5.41, 5.74) is 2.67. The average molecular weight is 243 g/mol. The molecule has 94 valence electrons. The lowest BCUT2D eigenvalue weighted by Crippen LogP contribution is -2.13. The molecule has 0 radical (unpaired) electrons. The van der Waals surface area contributed by atoms with Crippen LogP contribution in [0.2, 0.25) is 0 Å². The standard InChI is InChI=1S/C15H17NO2/c1-15(2,3)12-4-6-13(7-5-12)16-14(17)11-8-9-18-10-11/h4-10H,1-3H3,(H,16,17). The Morgan fingerprint density at radius 2 is 1.78 bits per heavy atom. The molecule has 1 N–H and O–H groups in total. The molecule has 1 aromatic carbocycles. The van der Waals surface area contributed by atoms with E-state index in [4.69, 9.17) is 4.42 Å². The molecule has 0 atom stereocenters. The molecule has 1 heterocycles. The molecular weight excluding hydrogens is 226 g/mol. The summed E-state index contributed by atoms with van der Waals surface area (Å²) in [7, 11) is 0. The summed E-state index contributed by atoms with van der Waals surface area (Å²) in [6.07, 6.45) is 2.91. The summed E-state index contributed by atoms with van der Waals surface area (Å²) in [5.74, 6) is -0.160. The fraction of sp³-hybridized carbons (Fsp3) is 0.267. The van der Waals surface area contributed by atoms with Gasteiger partial charge in [0.1, 0.15) is 6.26 Å². The minimum absolute atomic E-state index is 0.118. The molecule has 0 saturated carbocycles. The third-order valence-electron chi connectivity index (χ3n) is 2.79. The second-order valence-electron chi connectivity index (χ2n) is 5.29. The minimum Gasteiger partial charge on any atom is -0.472 e. The zero-order chi connectivity index (χ0) is 13.2. The van der Waals surface area contributed by atoms with Crippen LogP contribution in [0.15, 0.2) is 47.3 Å². The number of anilines is 1. The van der Waals surface area contributed by atoms with E-state index in [1.54, 1.807) is 6.07 Å². The van der Waals surface area contributed by atoms with Crippen LogP contribution in [0.1, 0.15) is 36.7 Å². The second-order valence-corrected chi connectivity index (χ2v) is 5.29. The Labute approximate surface area is 107 Å². The Bertz CT molecular complexity index is 519. The normalized spacial score (nSPS) is 11.3. The second kappa shape index (κ2) is 4.69. The fourth-order valence-electron chi connectivity index (χ4n) is 1.65. The molecule has 0 fully saturated rings. The number of furan rings is 1. The van der Waals surface area contributed by atoms with Crippen molar-refractivity contribution in [2.45, 2.75) is 26.2 Å².